The van der Waals surface area contributed by atoms with E-state index in [1.54, 1.807) is 12.1 Å². The van der Waals surface area contributed by atoms with Gasteiger partial charge in [-0.3, -0.25) is 9.48 Å². The number of hydrogen-bond donors (Lipinski definition) is 1. The molecular weight excluding hydrogens is 489 g/mol. The number of aryl methyl sites for hydroxylation is 1. The SMILES string of the molecule is Cn1nc(C2CC2)cc1C12CCC(Cc3ccc(NC(=O)C45CC(C4)C5)c(F)c3S(C)(=O)=O)(CC1)CC2. The van der Waals surface area contributed by atoms with Crippen LogP contribution in [0.1, 0.15) is 93.5 Å². The predicted octanol–water partition coefficient (Wildman–Crippen LogP) is 5.41. The molecule has 0 unspecified atom stereocenters. The van der Waals surface area contributed by atoms with E-state index in [4.69, 9.17) is 5.10 Å². The van der Waals surface area contributed by atoms with Crippen LogP contribution in [0.2, 0.25) is 0 Å². The first-order valence-corrected chi connectivity index (χ1v) is 15.8. The molecule has 7 saturated carbocycles. The van der Waals surface area contributed by atoms with E-state index in [1.165, 1.54) is 24.2 Å². The van der Waals surface area contributed by atoms with Crippen molar-refractivity contribution < 1.29 is 17.6 Å². The van der Waals surface area contributed by atoms with Crippen LogP contribution in [0.15, 0.2) is 23.1 Å². The van der Waals surface area contributed by atoms with E-state index < -0.39 is 15.7 Å². The number of nitrogens with one attached hydrogen (secondary N) is 1. The van der Waals surface area contributed by atoms with Crippen molar-refractivity contribution in [1.29, 1.82) is 0 Å². The Balaban J connectivity index is 1.13. The highest BCUT2D eigenvalue weighted by molar-refractivity contribution is 7.90. The third-order valence-electron chi connectivity index (χ3n) is 10.7. The quantitative estimate of drug-likeness (QED) is 0.524. The van der Waals surface area contributed by atoms with Gasteiger partial charge in [0.05, 0.1) is 16.8 Å². The summed E-state index contributed by atoms with van der Waals surface area (Å²) < 4.78 is 43.4. The van der Waals surface area contributed by atoms with Gasteiger partial charge in [-0.25, -0.2) is 12.8 Å². The van der Waals surface area contributed by atoms with Gasteiger partial charge >= 0.3 is 0 Å². The van der Waals surface area contributed by atoms with E-state index in [2.05, 4.69) is 23.1 Å². The maximum Gasteiger partial charge on any atom is 0.230 e. The minimum Gasteiger partial charge on any atom is -0.323 e. The lowest BCUT2D eigenvalue weighted by atomic mass is 9.44. The molecule has 2 aromatic rings. The van der Waals surface area contributed by atoms with Gasteiger partial charge in [0.2, 0.25) is 5.91 Å². The normalized spacial score (nSPS) is 34.1. The second kappa shape index (κ2) is 7.67. The molecule has 1 aromatic heterocycles. The van der Waals surface area contributed by atoms with E-state index in [-0.39, 0.29) is 32.7 Å². The number of anilines is 1. The van der Waals surface area contributed by atoms with Gasteiger partial charge < -0.3 is 5.32 Å². The zero-order valence-electron chi connectivity index (χ0n) is 21.8. The fourth-order valence-electron chi connectivity index (χ4n) is 8.13. The van der Waals surface area contributed by atoms with E-state index in [1.807, 2.05) is 0 Å². The number of sulfone groups is 1. The fourth-order valence-corrected chi connectivity index (χ4v) is 9.18. The molecule has 198 valence electrons. The average molecular weight is 526 g/mol. The Morgan fingerprint density at radius 2 is 1.76 bits per heavy atom. The maximum absolute atomic E-state index is 15.7. The van der Waals surface area contributed by atoms with Crippen LogP contribution in [0.3, 0.4) is 0 Å². The number of halogens is 1. The zero-order valence-corrected chi connectivity index (χ0v) is 22.6. The molecule has 1 N–H and O–H groups in total. The molecule has 0 spiro atoms. The van der Waals surface area contributed by atoms with Gasteiger partial charge in [-0.15, -0.1) is 0 Å². The molecule has 7 fully saturated rings. The van der Waals surface area contributed by atoms with Crippen LogP contribution in [0.5, 0.6) is 0 Å². The summed E-state index contributed by atoms with van der Waals surface area (Å²) >= 11 is 0. The van der Waals surface area contributed by atoms with Gasteiger partial charge in [0, 0.05) is 30.3 Å². The number of rotatable bonds is 7. The molecule has 1 amide bonds. The average Bonchev–Trinajstić information content (AvgIpc) is 3.55. The second-order valence-corrected chi connectivity index (χ2v) is 15.2. The number of hydrogen-bond acceptors (Lipinski definition) is 4. The third kappa shape index (κ3) is 3.64. The summed E-state index contributed by atoms with van der Waals surface area (Å²) in [5.41, 5.74) is 2.92. The highest BCUT2D eigenvalue weighted by atomic mass is 32.2. The topological polar surface area (TPSA) is 81.1 Å². The number of carbonyl (C=O) groups excluding carboxylic acids is 1. The highest BCUT2D eigenvalue weighted by Gasteiger charge is 2.61. The van der Waals surface area contributed by atoms with Crippen molar-refractivity contribution in [3.8, 4) is 0 Å². The number of fused-ring (bicyclic) bond motifs is 3. The van der Waals surface area contributed by atoms with E-state index in [0.29, 0.717) is 23.8 Å². The zero-order chi connectivity index (χ0) is 25.8. The third-order valence-corrected chi connectivity index (χ3v) is 11.9. The van der Waals surface area contributed by atoms with Crippen LogP contribution in [-0.2, 0) is 33.5 Å². The molecule has 0 radical (unpaired) electrons. The number of aromatic nitrogens is 2. The number of benzene rings is 1. The number of nitrogens with zero attached hydrogens (tertiary/aromatic N) is 2. The van der Waals surface area contributed by atoms with Crippen molar-refractivity contribution in [3.63, 3.8) is 0 Å². The first-order valence-electron chi connectivity index (χ1n) is 13.9. The summed E-state index contributed by atoms with van der Waals surface area (Å²) in [6.45, 7) is 0. The van der Waals surface area contributed by atoms with Crippen molar-refractivity contribution in [2.45, 2.75) is 93.3 Å². The lowest BCUT2D eigenvalue weighted by Crippen LogP contribution is -2.58. The summed E-state index contributed by atoms with van der Waals surface area (Å²) in [6, 6.07) is 5.66. The molecule has 1 aromatic carbocycles. The van der Waals surface area contributed by atoms with E-state index in [9.17, 15) is 13.2 Å². The summed E-state index contributed by atoms with van der Waals surface area (Å²) in [7, 11) is -1.74. The monoisotopic (exact) mass is 525 g/mol. The van der Waals surface area contributed by atoms with E-state index in [0.717, 1.165) is 64.0 Å². The van der Waals surface area contributed by atoms with Crippen LogP contribution >= 0.6 is 0 Å². The molecule has 7 aliphatic carbocycles. The lowest BCUT2D eigenvalue weighted by molar-refractivity contribution is -0.158. The van der Waals surface area contributed by atoms with Gasteiger partial charge in [0.1, 0.15) is 4.90 Å². The molecule has 8 heteroatoms. The number of carbonyl (C=O) groups is 1. The van der Waals surface area contributed by atoms with Gasteiger partial charge in [-0.1, -0.05) is 6.07 Å². The molecule has 0 atom stereocenters. The summed E-state index contributed by atoms with van der Waals surface area (Å²) in [4.78, 5) is 12.5. The van der Waals surface area contributed by atoms with Gasteiger partial charge in [-0.05, 0) is 106 Å². The number of amides is 1. The lowest BCUT2D eigenvalue weighted by Gasteiger charge is -2.60. The van der Waals surface area contributed by atoms with Crippen LogP contribution in [0.25, 0.3) is 0 Å². The Labute approximate surface area is 218 Å². The smallest absolute Gasteiger partial charge is 0.230 e. The largest absolute Gasteiger partial charge is 0.323 e. The molecule has 37 heavy (non-hydrogen) atoms. The van der Waals surface area contributed by atoms with Crippen molar-refractivity contribution >= 4 is 21.4 Å². The first-order chi connectivity index (χ1) is 17.5. The van der Waals surface area contributed by atoms with Crippen molar-refractivity contribution in [2.24, 2.45) is 23.8 Å². The Morgan fingerprint density at radius 1 is 1.11 bits per heavy atom. The van der Waals surface area contributed by atoms with Crippen LogP contribution in [0, 0.1) is 22.6 Å². The standard InChI is InChI=1S/C29H36FN3O3S/c1-33-23(13-22(32-33)19-3-4-19)28-10-7-27(8-11-28,9-12-28)17-20-5-6-21(24(30)25(20)37(2,35)36)31-26(34)29-14-18(15-29)16-29/h5-6,13,18-19H,3-4,7-12,14-17H2,1-2H3,(H,31,34). The second-order valence-electron chi connectivity index (χ2n) is 13.2. The summed E-state index contributed by atoms with van der Waals surface area (Å²) in [5.74, 6) is 0.292. The first kappa shape index (κ1) is 23.9. The Morgan fingerprint density at radius 3 is 2.30 bits per heavy atom. The summed E-state index contributed by atoms with van der Waals surface area (Å²) in [6.07, 6.45) is 12.9. The maximum atomic E-state index is 15.7. The Kier molecular flexibility index (Phi) is 4.95. The van der Waals surface area contributed by atoms with Crippen LogP contribution in [-0.4, -0.2) is 30.4 Å². The minimum atomic E-state index is -3.81. The summed E-state index contributed by atoms with van der Waals surface area (Å²) in [5, 5.41) is 7.55. The molecule has 7 aliphatic rings. The Bertz CT molecular complexity index is 1380. The van der Waals surface area contributed by atoms with Crippen LogP contribution < -0.4 is 5.32 Å². The Hall–Kier alpha value is -2.22. The predicted molar refractivity (Wildman–Crippen MR) is 139 cm³/mol. The van der Waals surface area contributed by atoms with Crippen molar-refractivity contribution in [2.75, 3.05) is 11.6 Å². The van der Waals surface area contributed by atoms with Gasteiger partial charge in [0.15, 0.2) is 15.7 Å². The molecule has 0 aliphatic heterocycles. The molecular formula is C29H36FN3O3S. The van der Waals surface area contributed by atoms with Crippen molar-refractivity contribution in [1.82, 2.24) is 9.78 Å². The minimum absolute atomic E-state index is 0.00891. The van der Waals surface area contributed by atoms with Crippen molar-refractivity contribution in [3.05, 3.63) is 41.0 Å². The molecule has 9 rings (SSSR count). The molecule has 0 saturated heterocycles. The van der Waals surface area contributed by atoms with Gasteiger partial charge in [-0.2, -0.15) is 5.10 Å². The molecule has 1 heterocycles. The fraction of sp³-hybridized carbons (Fsp3) is 0.655. The van der Waals surface area contributed by atoms with Crippen LogP contribution in [0.4, 0.5) is 10.1 Å². The van der Waals surface area contributed by atoms with Gasteiger partial charge in [0.25, 0.3) is 0 Å². The molecule has 6 nitrogen and oxygen atoms in total. The van der Waals surface area contributed by atoms with E-state index >= 15 is 4.39 Å². The molecule has 4 bridgehead atoms. The highest BCUT2D eigenvalue weighted by Crippen LogP contribution is 2.65.